The lowest BCUT2D eigenvalue weighted by Gasteiger charge is -2.35. The van der Waals surface area contributed by atoms with Crippen molar-refractivity contribution in [1.82, 2.24) is 4.90 Å². The number of rotatable bonds is 7. The minimum Gasteiger partial charge on any atom is -0.396 e. The summed E-state index contributed by atoms with van der Waals surface area (Å²) in [7, 11) is 0. The van der Waals surface area contributed by atoms with Crippen molar-refractivity contribution in [1.29, 1.82) is 0 Å². The Balaban J connectivity index is 0.000000380. The van der Waals surface area contributed by atoms with Gasteiger partial charge in [-0.3, -0.25) is 4.90 Å². The normalized spacial score (nSPS) is 17.6. The van der Waals surface area contributed by atoms with Crippen LogP contribution in [0.15, 0.2) is 54.1 Å². The van der Waals surface area contributed by atoms with E-state index in [2.05, 4.69) is 53.5 Å². The number of hydrogen-bond donors (Lipinski definition) is 2. The quantitative estimate of drug-likeness (QED) is 0.730. The van der Waals surface area contributed by atoms with Crippen molar-refractivity contribution in [3.05, 3.63) is 59.7 Å². The number of allylic oxidation sites excluding steroid dienone is 2. The van der Waals surface area contributed by atoms with Gasteiger partial charge in [0.15, 0.2) is 0 Å². The van der Waals surface area contributed by atoms with Crippen molar-refractivity contribution in [2.75, 3.05) is 19.8 Å². The molecule has 0 amide bonds. The third kappa shape index (κ3) is 8.42. The molecule has 3 rings (SSSR count). The Morgan fingerprint density at radius 2 is 1.67 bits per heavy atom. The number of benzene rings is 1. The smallest absolute Gasteiger partial charge is 0.0478 e. The molecule has 0 heterocycles. The summed E-state index contributed by atoms with van der Waals surface area (Å²) in [6.45, 7) is 4.15. The van der Waals surface area contributed by atoms with Gasteiger partial charge < -0.3 is 10.2 Å². The zero-order valence-electron chi connectivity index (χ0n) is 16.9. The summed E-state index contributed by atoms with van der Waals surface area (Å²) in [6.07, 6.45) is 16.5. The maximum atomic E-state index is 8.17. The molecule has 0 aromatic heterocycles. The second kappa shape index (κ2) is 12.9. The molecule has 2 N–H and O–H groups in total. The summed E-state index contributed by atoms with van der Waals surface area (Å²) < 4.78 is 0. The van der Waals surface area contributed by atoms with E-state index in [4.69, 9.17) is 10.2 Å². The number of nitrogens with zero attached hydrogens (tertiary/aromatic N) is 1. The summed E-state index contributed by atoms with van der Waals surface area (Å²) >= 11 is 0. The summed E-state index contributed by atoms with van der Waals surface area (Å²) in [5, 5.41) is 16.3. The van der Waals surface area contributed by atoms with Gasteiger partial charge in [0.05, 0.1) is 0 Å². The topological polar surface area (TPSA) is 43.7 Å². The highest BCUT2D eigenvalue weighted by atomic mass is 16.3. The average molecular weight is 372 g/mol. The molecule has 3 heteroatoms. The van der Waals surface area contributed by atoms with Gasteiger partial charge >= 0.3 is 0 Å². The second-order valence-electron chi connectivity index (χ2n) is 7.91. The summed E-state index contributed by atoms with van der Waals surface area (Å²) in [5.74, 6) is 0.0463. The van der Waals surface area contributed by atoms with Crippen LogP contribution in [0.3, 0.4) is 0 Å². The lowest BCUT2D eigenvalue weighted by atomic mass is 9.93. The van der Waals surface area contributed by atoms with Crippen molar-refractivity contribution < 1.29 is 10.2 Å². The molecule has 2 aliphatic rings. The van der Waals surface area contributed by atoms with Crippen LogP contribution in [-0.2, 0) is 6.54 Å². The van der Waals surface area contributed by atoms with Gasteiger partial charge in [-0.1, -0.05) is 74.7 Å². The van der Waals surface area contributed by atoms with Crippen LogP contribution in [0.25, 0.3) is 0 Å². The first-order valence-corrected chi connectivity index (χ1v) is 10.6. The number of hydrogen-bond acceptors (Lipinski definition) is 3. The van der Waals surface area contributed by atoms with E-state index in [0.717, 1.165) is 19.1 Å². The van der Waals surface area contributed by atoms with E-state index in [9.17, 15) is 0 Å². The van der Waals surface area contributed by atoms with Crippen LogP contribution in [0.2, 0.25) is 0 Å². The third-order valence-corrected chi connectivity index (χ3v) is 5.40. The standard InChI is InChI=1S/C20H27N.C4H10O2/c1-4-10-18(11-5-1)16-21(20-14-8-3-9-15-20)17-19-12-6-2-7-13-19;1-4(2-5)3-6/h1,4-6,10-13,20H,2-3,7-9,14-17H2;4-6H,2-3H2,1H3. The first kappa shape index (κ1) is 21.9. The molecule has 0 saturated heterocycles. The Morgan fingerprint density at radius 1 is 0.963 bits per heavy atom. The van der Waals surface area contributed by atoms with E-state index in [1.54, 1.807) is 6.92 Å². The fourth-order valence-electron chi connectivity index (χ4n) is 3.66. The van der Waals surface area contributed by atoms with Gasteiger partial charge in [-0.05, 0) is 36.8 Å². The van der Waals surface area contributed by atoms with Crippen molar-refractivity contribution in [3.8, 4) is 0 Å². The summed E-state index contributed by atoms with van der Waals surface area (Å²) in [4.78, 5) is 2.72. The molecule has 1 aromatic carbocycles. The van der Waals surface area contributed by atoms with Gasteiger partial charge in [-0.15, -0.1) is 0 Å². The van der Waals surface area contributed by atoms with Gasteiger partial charge in [0.25, 0.3) is 0 Å². The van der Waals surface area contributed by atoms with E-state index in [0.29, 0.717) is 0 Å². The lowest BCUT2D eigenvalue weighted by Crippen LogP contribution is -2.37. The van der Waals surface area contributed by atoms with Crippen LogP contribution < -0.4 is 0 Å². The van der Waals surface area contributed by atoms with Crippen LogP contribution >= 0.6 is 0 Å². The van der Waals surface area contributed by atoms with Crippen molar-refractivity contribution >= 4 is 0 Å². The van der Waals surface area contributed by atoms with Crippen LogP contribution in [-0.4, -0.2) is 40.9 Å². The highest BCUT2D eigenvalue weighted by Gasteiger charge is 2.21. The molecule has 150 valence electrons. The Hall–Kier alpha value is -1.42. The van der Waals surface area contributed by atoms with Crippen LogP contribution in [0.1, 0.15) is 57.4 Å². The fourth-order valence-corrected chi connectivity index (χ4v) is 3.66. The maximum absolute atomic E-state index is 8.17. The largest absolute Gasteiger partial charge is 0.396 e. The molecular formula is C24H37NO2. The Kier molecular flexibility index (Phi) is 10.4. The van der Waals surface area contributed by atoms with Gasteiger partial charge in [0.1, 0.15) is 0 Å². The Bertz CT molecular complexity index is 557. The van der Waals surface area contributed by atoms with Crippen LogP contribution in [0.5, 0.6) is 0 Å². The molecule has 27 heavy (non-hydrogen) atoms. The molecule has 0 aliphatic heterocycles. The van der Waals surface area contributed by atoms with E-state index in [1.807, 2.05) is 0 Å². The van der Waals surface area contributed by atoms with E-state index in [1.165, 1.54) is 56.1 Å². The molecule has 1 aromatic rings. The zero-order chi connectivity index (χ0) is 19.3. The minimum absolute atomic E-state index is 0.0463. The summed E-state index contributed by atoms with van der Waals surface area (Å²) in [6, 6.07) is 11.7. The first-order chi connectivity index (χ1) is 13.2. The fraction of sp³-hybridized carbons (Fsp3) is 0.583. The van der Waals surface area contributed by atoms with Crippen LogP contribution in [0, 0.1) is 5.92 Å². The highest BCUT2D eigenvalue weighted by molar-refractivity contribution is 5.24. The molecule has 0 bridgehead atoms. The second-order valence-corrected chi connectivity index (χ2v) is 7.91. The van der Waals surface area contributed by atoms with Gasteiger partial charge in [0, 0.05) is 38.3 Å². The van der Waals surface area contributed by atoms with E-state index in [-0.39, 0.29) is 19.1 Å². The molecule has 0 unspecified atom stereocenters. The van der Waals surface area contributed by atoms with Gasteiger partial charge in [-0.2, -0.15) is 0 Å². The molecule has 0 spiro atoms. The van der Waals surface area contributed by atoms with E-state index < -0.39 is 0 Å². The molecule has 1 saturated carbocycles. The highest BCUT2D eigenvalue weighted by Crippen LogP contribution is 2.25. The SMILES string of the molecule is C1=CC(CN(Cc2ccccc2)C2CCCCC2)=CCC1.CC(CO)CO. The van der Waals surface area contributed by atoms with E-state index >= 15 is 0 Å². The maximum Gasteiger partial charge on any atom is 0.0478 e. The van der Waals surface area contributed by atoms with Gasteiger partial charge in [-0.25, -0.2) is 0 Å². The average Bonchev–Trinajstić information content (AvgIpc) is 2.75. The number of aliphatic hydroxyl groups excluding tert-OH is 2. The molecular weight excluding hydrogens is 334 g/mol. The van der Waals surface area contributed by atoms with Crippen molar-refractivity contribution in [2.24, 2.45) is 5.92 Å². The summed E-state index contributed by atoms with van der Waals surface area (Å²) in [5.41, 5.74) is 2.96. The molecule has 0 radical (unpaired) electrons. The zero-order valence-corrected chi connectivity index (χ0v) is 16.9. The third-order valence-electron chi connectivity index (χ3n) is 5.40. The lowest BCUT2D eigenvalue weighted by molar-refractivity contribution is 0.162. The first-order valence-electron chi connectivity index (χ1n) is 10.6. The van der Waals surface area contributed by atoms with Gasteiger partial charge in [0.2, 0.25) is 0 Å². The molecule has 3 nitrogen and oxygen atoms in total. The number of aliphatic hydroxyl groups is 2. The predicted octanol–water partition coefficient (Wildman–Crippen LogP) is 4.70. The van der Waals surface area contributed by atoms with Crippen LogP contribution in [0.4, 0.5) is 0 Å². The minimum atomic E-state index is 0.0463. The van der Waals surface area contributed by atoms with Crippen molar-refractivity contribution in [2.45, 2.75) is 64.5 Å². The Morgan fingerprint density at radius 3 is 2.22 bits per heavy atom. The molecule has 0 atom stereocenters. The molecule has 2 aliphatic carbocycles. The molecule has 1 fully saturated rings. The predicted molar refractivity (Wildman–Crippen MR) is 114 cm³/mol. The Labute approximate surface area is 165 Å². The van der Waals surface area contributed by atoms with Crippen molar-refractivity contribution in [3.63, 3.8) is 0 Å². The monoisotopic (exact) mass is 371 g/mol.